The van der Waals surface area contributed by atoms with Gasteiger partial charge in [-0.05, 0) is 20.8 Å². The Balaban J connectivity index is 0. The number of carbonyl (C=O) groups excluding carboxylic acids is 1. The Hall–Kier alpha value is -0.900. The van der Waals surface area contributed by atoms with Gasteiger partial charge in [-0.25, -0.2) is 0 Å². The smallest absolute Gasteiger partial charge is 0.305 e. The minimum Gasteiger partial charge on any atom is -0.481 e. The van der Waals surface area contributed by atoms with Gasteiger partial charge in [0, 0.05) is 0 Å². The largest absolute Gasteiger partial charge is 0.481 e. The summed E-state index contributed by atoms with van der Waals surface area (Å²) in [6.07, 6.45) is -0.891. The van der Waals surface area contributed by atoms with Crippen LogP contribution in [0.15, 0.2) is 0 Å². The molecule has 66 valence electrons. The number of aliphatic hydroxyl groups excluding tert-OH is 1. The summed E-state index contributed by atoms with van der Waals surface area (Å²) in [6, 6.07) is 0. The number of hydrogen-bond donors (Lipinski definition) is 2. The van der Waals surface area contributed by atoms with E-state index in [1.54, 1.807) is 0 Å². The molecule has 0 spiro atoms. The summed E-state index contributed by atoms with van der Waals surface area (Å²) >= 11 is 0. The topological polar surface area (TPSA) is 74.6 Å². The number of carbonyl (C=O) groups is 2. The summed E-state index contributed by atoms with van der Waals surface area (Å²) in [5.74, 6) is -0.796. The van der Waals surface area contributed by atoms with Crippen molar-refractivity contribution in [3.05, 3.63) is 0 Å². The fourth-order valence-electron chi connectivity index (χ4n) is 0.253. The van der Waals surface area contributed by atoms with Gasteiger partial charge in [0.05, 0.1) is 12.5 Å². The molecule has 11 heavy (non-hydrogen) atoms. The number of hydrogen-bond acceptors (Lipinski definition) is 3. The zero-order valence-electron chi connectivity index (χ0n) is 7.00. The molecular weight excluding hydrogens is 148 g/mol. The molecule has 0 fully saturated rings. The maximum Gasteiger partial charge on any atom is 0.305 e. The van der Waals surface area contributed by atoms with Crippen molar-refractivity contribution in [1.29, 1.82) is 0 Å². The number of Topliss-reactive ketones (excluding diaryl/α,β-unsaturated/α-hetero) is 1. The Morgan fingerprint density at radius 3 is 1.64 bits per heavy atom. The van der Waals surface area contributed by atoms with Crippen LogP contribution in [0.25, 0.3) is 0 Å². The minimum atomic E-state index is -0.963. The molecule has 1 unspecified atom stereocenters. The molecule has 0 aliphatic heterocycles. The molecule has 0 bridgehead atoms. The van der Waals surface area contributed by atoms with Crippen molar-refractivity contribution in [3.8, 4) is 0 Å². The number of carboxylic acids is 1. The van der Waals surface area contributed by atoms with Crippen LogP contribution in [-0.2, 0) is 9.59 Å². The molecule has 0 aromatic rings. The average molecular weight is 162 g/mol. The Morgan fingerprint density at radius 1 is 1.36 bits per heavy atom. The van der Waals surface area contributed by atoms with Crippen LogP contribution in [0.4, 0.5) is 0 Å². The summed E-state index contributed by atoms with van der Waals surface area (Å²) < 4.78 is 0. The second-order valence-electron chi connectivity index (χ2n) is 2.36. The van der Waals surface area contributed by atoms with Gasteiger partial charge in [-0.15, -0.1) is 0 Å². The number of aliphatic carboxylic acids is 1. The SMILES string of the molecule is CC(C)=O.CC(O)CC(=O)O. The van der Waals surface area contributed by atoms with E-state index in [9.17, 15) is 9.59 Å². The highest BCUT2D eigenvalue weighted by Gasteiger charge is 2.00. The lowest BCUT2D eigenvalue weighted by atomic mass is 10.3. The van der Waals surface area contributed by atoms with Gasteiger partial charge < -0.3 is 15.0 Å². The number of rotatable bonds is 2. The predicted octanol–water partition coefficient (Wildman–Crippen LogP) is 0.437. The number of aliphatic hydroxyl groups is 1. The molecule has 2 N–H and O–H groups in total. The van der Waals surface area contributed by atoms with Crippen molar-refractivity contribution < 1.29 is 19.8 Å². The van der Waals surface area contributed by atoms with E-state index in [-0.39, 0.29) is 12.2 Å². The average Bonchev–Trinajstić information content (AvgIpc) is 1.56. The van der Waals surface area contributed by atoms with E-state index in [4.69, 9.17) is 10.2 Å². The maximum atomic E-state index is 9.65. The molecule has 4 heteroatoms. The maximum absolute atomic E-state index is 9.65. The molecular formula is C7H14O4. The van der Waals surface area contributed by atoms with Gasteiger partial charge in [0.1, 0.15) is 5.78 Å². The molecule has 0 radical (unpaired) electrons. The predicted molar refractivity (Wildman–Crippen MR) is 40.3 cm³/mol. The number of carboxylic acid groups (broad SMARTS) is 1. The summed E-state index contributed by atoms with van der Waals surface area (Å²) in [7, 11) is 0. The van der Waals surface area contributed by atoms with Crippen LogP contribution in [0.1, 0.15) is 27.2 Å². The Bertz CT molecular complexity index is 124. The molecule has 4 nitrogen and oxygen atoms in total. The molecule has 0 aliphatic carbocycles. The Labute approximate surface area is 65.8 Å². The van der Waals surface area contributed by atoms with E-state index in [0.717, 1.165) is 0 Å². The molecule has 0 saturated heterocycles. The van der Waals surface area contributed by atoms with E-state index >= 15 is 0 Å². The second kappa shape index (κ2) is 7.21. The van der Waals surface area contributed by atoms with Crippen LogP contribution in [0.2, 0.25) is 0 Å². The van der Waals surface area contributed by atoms with E-state index in [2.05, 4.69) is 0 Å². The summed E-state index contributed by atoms with van der Waals surface area (Å²) in [6.45, 7) is 4.49. The molecule has 0 aliphatic rings. The molecule has 0 saturated carbocycles. The first-order valence-electron chi connectivity index (χ1n) is 3.23. The lowest BCUT2D eigenvalue weighted by Crippen LogP contribution is -2.07. The third-order valence-electron chi connectivity index (χ3n) is 0.470. The minimum absolute atomic E-state index is 0.167. The highest BCUT2D eigenvalue weighted by molar-refractivity contribution is 5.72. The van der Waals surface area contributed by atoms with Crippen molar-refractivity contribution in [2.24, 2.45) is 0 Å². The zero-order valence-corrected chi connectivity index (χ0v) is 7.00. The van der Waals surface area contributed by atoms with Crippen molar-refractivity contribution in [1.82, 2.24) is 0 Å². The van der Waals surface area contributed by atoms with Gasteiger partial charge in [-0.2, -0.15) is 0 Å². The quantitative estimate of drug-likeness (QED) is 0.617. The van der Waals surface area contributed by atoms with Crippen LogP contribution in [-0.4, -0.2) is 28.1 Å². The summed E-state index contributed by atoms with van der Waals surface area (Å²) in [5, 5.41) is 16.3. The third kappa shape index (κ3) is 47.7. The van der Waals surface area contributed by atoms with E-state index in [0.29, 0.717) is 0 Å². The van der Waals surface area contributed by atoms with E-state index in [1.807, 2.05) is 0 Å². The van der Waals surface area contributed by atoms with Gasteiger partial charge in [-0.3, -0.25) is 4.79 Å². The van der Waals surface area contributed by atoms with Gasteiger partial charge in [0.2, 0.25) is 0 Å². The Morgan fingerprint density at radius 2 is 1.64 bits per heavy atom. The van der Waals surface area contributed by atoms with Crippen molar-refractivity contribution in [2.75, 3.05) is 0 Å². The molecule has 0 aromatic carbocycles. The van der Waals surface area contributed by atoms with E-state index < -0.39 is 12.1 Å². The summed E-state index contributed by atoms with van der Waals surface area (Å²) in [5.41, 5.74) is 0. The van der Waals surface area contributed by atoms with Crippen LogP contribution in [0, 0.1) is 0 Å². The molecule has 0 heterocycles. The third-order valence-corrected chi connectivity index (χ3v) is 0.470. The fourth-order valence-corrected chi connectivity index (χ4v) is 0.253. The van der Waals surface area contributed by atoms with Crippen LogP contribution in [0.3, 0.4) is 0 Å². The van der Waals surface area contributed by atoms with Crippen molar-refractivity contribution in [3.63, 3.8) is 0 Å². The lowest BCUT2D eigenvalue weighted by Gasteiger charge is -1.94. The fraction of sp³-hybridized carbons (Fsp3) is 0.714. The molecule has 0 aromatic heterocycles. The summed E-state index contributed by atoms with van der Waals surface area (Å²) in [4.78, 5) is 19.1. The first-order chi connectivity index (χ1) is 4.86. The second-order valence-corrected chi connectivity index (χ2v) is 2.36. The molecule has 0 amide bonds. The van der Waals surface area contributed by atoms with Crippen LogP contribution in [0.5, 0.6) is 0 Å². The van der Waals surface area contributed by atoms with Crippen molar-refractivity contribution >= 4 is 11.8 Å². The number of ketones is 1. The van der Waals surface area contributed by atoms with E-state index in [1.165, 1.54) is 20.8 Å². The molecule has 0 rings (SSSR count). The molecule has 1 atom stereocenters. The Kier molecular flexibility index (Phi) is 8.36. The monoisotopic (exact) mass is 162 g/mol. The first-order valence-corrected chi connectivity index (χ1v) is 3.23. The highest BCUT2D eigenvalue weighted by atomic mass is 16.4. The van der Waals surface area contributed by atoms with Gasteiger partial charge in [-0.1, -0.05) is 0 Å². The standard InChI is InChI=1S/C4H8O3.C3H6O/c1-3(5)2-4(6)7;1-3(2)4/h3,5H,2H2,1H3,(H,6,7);1-2H3. The zero-order chi connectivity index (χ0) is 9.44. The van der Waals surface area contributed by atoms with Gasteiger partial charge in [0.25, 0.3) is 0 Å². The van der Waals surface area contributed by atoms with Gasteiger partial charge >= 0.3 is 5.97 Å². The highest BCUT2D eigenvalue weighted by Crippen LogP contribution is 1.85. The van der Waals surface area contributed by atoms with Crippen LogP contribution < -0.4 is 0 Å². The van der Waals surface area contributed by atoms with Crippen molar-refractivity contribution in [2.45, 2.75) is 33.3 Å². The first kappa shape index (κ1) is 12.7. The lowest BCUT2D eigenvalue weighted by molar-refractivity contribution is -0.138. The normalized spacial score (nSPS) is 10.9. The van der Waals surface area contributed by atoms with Crippen LogP contribution >= 0.6 is 0 Å². The van der Waals surface area contributed by atoms with Gasteiger partial charge in [0.15, 0.2) is 0 Å².